The van der Waals surface area contributed by atoms with Gasteiger partial charge in [0.15, 0.2) is 17.2 Å². The van der Waals surface area contributed by atoms with Crippen molar-refractivity contribution in [2.24, 2.45) is 12.8 Å². The summed E-state index contributed by atoms with van der Waals surface area (Å²) < 4.78 is 53.1. The maximum atomic E-state index is 13.5. The lowest BCUT2D eigenvalue weighted by Gasteiger charge is -2.26. The number of alkyl halides is 3. The van der Waals surface area contributed by atoms with E-state index in [0.29, 0.717) is 10.6 Å². The molecule has 4 rings (SSSR count). The van der Waals surface area contributed by atoms with Gasteiger partial charge in [0.25, 0.3) is 0 Å². The van der Waals surface area contributed by atoms with Crippen LogP contribution in [0.3, 0.4) is 0 Å². The van der Waals surface area contributed by atoms with Crippen LogP contribution in [-0.2, 0) is 18.8 Å². The van der Waals surface area contributed by atoms with Crippen LogP contribution >= 0.6 is 11.6 Å². The van der Waals surface area contributed by atoms with Crippen LogP contribution < -0.4 is 10.5 Å². The third-order valence-electron chi connectivity index (χ3n) is 5.07. The number of amides is 1. The van der Waals surface area contributed by atoms with Crippen molar-refractivity contribution < 1.29 is 27.2 Å². The first-order chi connectivity index (χ1) is 16.4. The molecule has 0 aliphatic heterocycles. The van der Waals surface area contributed by atoms with Gasteiger partial charge >= 0.3 is 18.0 Å². The molecule has 2 aromatic heterocycles. The zero-order valence-electron chi connectivity index (χ0n) is 18.6. The van der Waals surface area contributed by atoms with E-state index in [4.69, 9.17) is 26.6 Å². The summed E-state index contributed by atoms with van der Waals surface area (Å²) in [7, 11) is 1.55. The van der Waals surface area contributed by atoms with E-state index < -0.39 is 29.1 Å². The van der Waals surface area contributed by atoms with Gasteiger partial charge in [-0.3, -0.25) is 4.79 Å². The molecule has 1 amide bonds. The number of ether oxygens (including phenoxy) is 1. The second kappa shape index (κ2) is 8.69. The van der Waals surface area contributed by atoms with Gasteiger partial charge in [-0.25, -0.2) is 0 Å². The molecular formula is C22H18ClF3N6O3. The van der Waals surface area contributed by atoms with Crippen LogP contribution in [0.25, 0.3) is 22.8 Å². The van der Waals surface area contributed by atoms with E-state index in [-0.39, 0.29) is 28.8 Å². The van der Waals surface area contributed by atoms with Gasteiger partial charge in [-0.05, 0) is 38.1 Å². The van der Waals surface area contributed by atoms with Gasteiger partial charge in [-0.1, -0.05) is 35.0 Å². The van der Waals surface area contributed by atoms with E-state index in [1.54, 1.807) is 33.0 Å². The van der Waals surface area contributed by atoms with Crippen molar-refractivity contribution in [2.45, 2.75) is 25.6 Å². The molecule has 0 saturated heterocycles. The molecule has 2 aromatic carbocycles. The second-order valence-electron chi connectivity index (χ2n) is 7.99. The molecule has 9 nitrogen and oxygen atoms in total. The Morgan fingerprint density at radius 1 is 1.11 bits per heavy atom. The van der Waals surface area contributed by atoms with Crippen molar-refractivity contribution in [3.05, 3.63) is 64.8 Å². The van der Waals surface area contributed by atoms with E-state index in [0.717, 1.165) is 6.07 Å². The van der Waals surface area contributed by atoms with Gasteiger partial charge in [-0.2, -0.15) is 18.2 Å². The summed E-state index contributed by atoms with van der Waals surface area (Å²) in [5, 5.41) is 12.2. The highest BCUT2D eigenvalue weighted by Crippen LogP contribution is 2.39. The third-order valence-corrected chi connectivity index (χ3v) is 5.31. The fourth-order valence-corrected chi connectivity index (χ4v) is 3.70. The second-order valence-corrected chi connectivity index (χ2v) is 8.43. The predicted molar refractivity (Wildman–Crippen MR) is 118 cm³/mol. The molecular weight excluding hydrogens is 489 g/mol. The molecule has 0 aliphatic carbocycles. The molecule has 0 radical (unpaired) electrons. The number of carbonyl (C=O) groups is 1. The zero-order chi connectivity index (χ0) is 25.5. The van der Waals surface area contributed by atoms with E-state index in [2.05, 4.69) is 20.3 Å². The fraction of sp³-hybridized carbons (Fsp3) is 0.227. The van der Waals surface area contributed by atoms with Gasteiger partial charge in [0.2, 0.25) is 5.82 Å². The molecule has 0 bridgehead atoms. The van der Waals surface area contributed by atoms with Gasteiger partial charge in [0, 0.05) is 17.6 Å². The van der Waals surface area contributed by atoms with Crippen molar-refractivity contribution in [1.82, 2.24) is 24.9 Å². The number of nitrogens with zero attached hydrogens (tertiary/aromatic N) is 5. The molecule has 0 saturated carbocycles. The van der Waals surface area contributed by atoms with E-state index >= 15 is 0 Å². The Kier molecular flexibility index (Phi) is 6.01. The summed E-state index contributed by atoms with van der Waals surface area (Å²) >= 11 is 6.12. The zero-order valence-corrected chi connectivity index (χ0v) is 19.3. The minimum absolute atomic E-state index is 0.00450. The average molecular weight is 507 g/mol. The van der Waals surface area contributed by atoms with Gasteiger partial charge in [-0.15, -0.1) is 10.2 Å². The number of carbonyl (C=O) groups excluding carboxylic acids is 1. The molecule has 35 heavy (non-hydrogen) atoms. The quantitative estimate of drug-likeness (QED) is 0.405. The Balaban J connectivity index is 1.73. The van der Waals surface area contributed by atoms with Crippen molar-refractivity contribution in [3.63, 3.8) is 0 Å². The number of hydrogen-bond acceptors (Lipinski definition) is 7. The highest BCUT2D eigenvalue weighted by Gasteiger charge is 2.36. The number of nitrogens with two attached hydrogens (primary N) is 1. The van der Waals surface area contributed by atoms with E-state index in [1.165, 1.54) is 28.8 Å². The number of rotatable bonds is 6. The summed E-state index contributed by atoms with van der Waals surface area (Å²) in [6.07, 6.45) is -4.57. The number of benzene rings is 2. The van der Waals surface area contributed by atoms with Crippen LogP contribution in [0, 0.1) is 0 Å². The van der Waals surface area contributed by atoms with Gasteiger partial charge in [0.1, 0.15) is 5.75 Å². The molecule has 2 N–H and O–H groups in total. The molecule has 0 aliphatic rings. The maximum Gasteiger partial charge on any atom is 0.417 e. The van der Waals surface area contributed by atoms with Crippen LogP contribution in [0.15, 0.2) is 47.0 Å². The van der Waals surface area contributed by atoms with Crippen LogP contribution in [-0.4, -0.2) is 30.8 Å². The van der Waals surface area contributed by atoms with Crippen molar-refractivity contribution in [3.8, 4) is 28.5 Å². The Labute approximate surface area is 201 Å². The molecule has 4 aromatic rings. The topological polar surface area (TPSA) is 122 Å². The van der Waals surface area contributed by atoms with Gasteiger partial charge in [0.05, 0.1) is 11.1 Å². The molecule has 182 valence electrons. The average Bonchev–Trinajstić information content (AvgIpc) is 3.42. The van der Waals surface area contributed by atoms with Crippen molar-refractivity contribution >= 4 is 17.5 Å². The minimum atomic E-state index is -4.57. The van der Waals surface area contributed by atoms with E-state index in [1.807, 2.05) is 0 Å². The lowest BCUT2D eigenvalue weighted by atomic mass is 10.1. The monoisotopic (exact) mass is 506 g/mol. The van der Waals surface area contributed by atoms with Crippen LogP contribution in [0.2, 0.25) is 5.02 Å². The van der Waals surface area contributed by atoms with Crippen LogP contribution in [0.1, 0.15) is 35.9 Å². The number of aromatic nitrogens is 5. The molecule has 2 heterocycles. The molecule has 0 unspecified atom stereocenters. The first kappa shape index (κ1) is 24.2. The first-order valence-corrected chi connectivity index (χ1v) is 10.4. The Morgan fingerprint density at radius 2 is 1.83 bits per heavy atom. The van der Waals surface area contributed by atoms with Gasteiger partial charge < -0.3 is 19.6 Å². The fourth-order valence-electron chi connectivity index (χ4n) is 3.53. The smallest absolute Gasteiger partial charge is 0.417 e. The summed E-state index contributed by atoms with van der Waals surface area (Å²) in [4.78, 5) is 15.3. The molecule has 0 atom stereocenters. The normalized spacial score (nSPS) is 12.1. The van der Waals surface area contributed by atoms with Crippen molar-refractivity contribution in [1.29, 1.82) is 0 Å². The van der Waals surface area contributed by atoms with E-state index in [9.17, 15) is 18.0 Å². The highest BCUT2D eigenvalue weighted by molar-refractivity contribution is 6.30. The summed E-state index contributed by atoms with van der Waals surface area (Å²) in [6.45, 7) is 3.33. The summed E-state index contributed by atoms with van der Waals surface area (Å²) in [6, 6.07) is 9.73. The highest BCUT2D eigenvalue weighted by atomic mass is 35.5. The third kappa shape index (κ3) is 4.69. The number of primary amides is 1. The SMILES string of the molecule is Cn1c(-c2ccccc2C(F)(F)F)nnc1C(C)(C)Oc1ccc(Cl)cc1-c1noc(C(N)=O)n1. The number of hydrogen-bond donors (Lipinski definition) is 1. The van der Waals surface area contributed by atoms with Crippen LogP contribution in [0.4, 0.5) is 13.2 Å². The summed E-state index contributed by atoms with van der Waals surface area (Å²) in [5.41, 5.74) is 3.34. The number of halogens is 4. The standard InChI is InChI=1S/C22H18ClF3N6O3/c1-21(2,20-30-29-18(32(20)3)12-6-4-5-7-14(12)22(24,25)26)34-15-9-8-11(23)10-13(15)17-28-19(16(27)33)35-31-17/h4-10H,1-3H3,(H2,27,33). The Bertz CT molecular complexity index is 1410. The summed E-state index contributed by atoms with van der Waals surface area (Å²) in [5.74, 6) is -0.784. The van der Waals surface area contributed by atoms with Crippen molar-refractivity contribution in [2.75, 3.05) is 0 Å². The Hall–Kier alpha value is -3.93. The largest absolute Gasteiger partial charge is 0.479 e. The molecule has 13 heteroatoms. The predicted octanol–water partition coefficient (Wildman–Crippen LogP) is 4.62. The lowest BCUT2D eigenvalue weighted by molar-refractivity contribution is -0.137. The minimum Gasteiger partial charge on any atom is -0.479 e. The molecule has 0 fully saturated rings. The van der Waals surface area contributed by atoms with Crippen LogP contribution in [0.5, 0.6) is 5.75 Å². The maximum absolute atomic E-state index is 13.5. The molecule has 0 spiro atoms. The first-order valence-electron chi connectivity index (χ1n) is 10.1. The lowest BCUT2D eigenvalue weighted by Crippen LogP contribution is -2.29. The Morgan fingerprint density at radius 3 is 2.49 bits per heavy atom.